The molecule has 1 aliphatic rings. The molecule has 0 saturated carbocycles. The molecule has 0 aliphatic carbocycles. The molecule has 1 atom stereocenters. The summed E-state index contributed by atoms with van der Waals surface area (Å²) in [5, 5.41) is 11.2. The summed E-state index contributed by atoms with van der Waals surface area (Å²) in [6.45, 7) is 2.27. The summed E-state index contributed by atoms with van der Waals surface area (Å²) in [5.74, 6) is 0.241. The van der Waals surface area contributed by atoms with Crippen LogP contribution < -0.4 is 10.6 Å². The van der Waals surface area contributed by atoms with Crippen molar-refractivity contribution in [2.24, 2.45) is 5.92 Å². The Balaban J connectivity index is 1.44. The van der Waals surface area contributed by atoms with Gasteiger partial charge in [-0.3, -0.25) is 9.78 Å². The smallest absolute Gasteiger partial charge is 0.220 e. The molecule has 1 saturated heterocycles. The van der Waals surface area contributed by atoms with E-state index in [0.29, 0.717) is 18.9 Å². The van der Waals surface area contributed by atoms with Gasteiger partial charge in [0.05, 0.1) is 5.52 Å². The van der Waals surface area contributed by atoms with E-state index in [1.54, 1.807) is 24.5 Å². The van der Waals surface area contributed by atoms with Gasteiger partial charge in [0.1, 0.15) is 11.5 Å². The van der Waals surface area contributed by atoms with Crippen molar-refractivity contribution in [3.63, 3.8) is 0 Å². The van der Waals surface area contributed by atoms with E-state index < -0.39 is 0 Å². The molecule has 1 aliphatic heterocycles. The molecular weight excluding hydrogens is 405 g/mol. The van der Waals surface area contributed by atoms with Gasteiger partial charge < -0.3 is 10.6 Å². The zero-order valence-corrected chi connectivity index (χ0v) is 17.6. The number of aromatic nitrogens is 3. The zero-order chi connectivity index (χ0) is 21.9. The van der Waals surface area contributed by atoms with Crippen molar-refractivity contribution in [1.29, 1.82) is 0 Å². The van der Waals surface area contributed by atoms with Gasteiger partial charge in [0.15, 0.2) is 0 Å². The number of piperidine rings is 1. The first-order valence-electron chi connectivity index (χ1n) is 10.8. The van der Waals surface area contributed by atoms with Gasteiger partial charge in [-0.1, -0.05) is 6.07 Å². The maximum atomic E-state index is 13.5. The highest BCUT2D eigenvalue weighted by atomic mass is 19.1. The Morgan fingerprint density at radius 1 is 1.06 bits per heavy atom. The van der Waals surface area contributed by atoms with Crippen LogP contribution in [0, 0.1) is 11.7 Å². The quantitative estimate of drug-likeness (QED) is 0.489. The number of nitrogens with one attached hydrogen (secondary N) is 2. The largest absolute Gasteiger partial charge is 0.356 e. The number of hydrogen-bond donors (Lipinski definition) is 2. The molecule has 1 aromatic carbocycles. The van der Waals surface area contributed by atoms with E-state index in [-0.39, 0.29) is 11.7 Å². The van der Waals surface area contributed by atoms with Gasteiger partial charge in [-0.15, -0.1) is 0 Å². The standard InChI is InChI=1S/C25H24FN5O/c26-21-4-2-20(3-5-21)25-24(19-8-10-27-11-9-19)22-6-1-18(16-31(22)30-25)15-28-14-17-7-12-29-23(32)13-17/h1-6,8-11,16-17,28H,7,12-15H2,(H,29,32)/t17-/m0/s1. The number of nitrogens with zero attached hydrogens (tertiary/aromatic N) is 3. The zero-order valence-electron chi connectivity index (χ0n) is 17.6. The van der Waals surface area contributed by atoms with E-state index in [1.807, 2.05) is 22.8 Å². The number of pyridine rings is 2. The van der Waals surface area contributed by atoms with Gasteiger partial charge in [-0.2, -0.15) is 5.10 Å². The molecule has 0 radical (unpaired) electrons. The molecule has 0 bridgehead atoms. The van der Waals surface area contributed by atoms with E-state index in [1.165, 1.54) is 12.1 Å². The minimum Gasteiger partial charge on any atom is -0.356 e. The van der Waals surface area contributed by atoms with Crippen molar-refractivity contribution < 1.29 is 9.18 Å². The Morgan fingerprint density at radius 3 is 2.66 bits per heavy atom. The summed E-state index contributed by atoms with van der Waals surface area (Å²) < 4.78 is 15.4. The SMILES string of the molecule is O=C1C[C@@H](CNCc2ccc3c(-c4ccncc4)c(-c4ccc(F)cc4)nn3c2)CCN1. The van der Waals surface area contributed by atoms with Crippen LogP contribution >= 0.6 is 0 Å². The highest BCUT2D eigenvalue weighted by Crippen LogP contribution is 2.35. The number of fused-ring (bicyclic) bond motifs is 1. The first kappa shape index (κ1) is 20.3. The molecule has 1 amide bonds. The second-order valence-electron chi connectivity index (χ2n) is 8.17. The Bertz CT molecular complexity index is 1240. The van der Waals surface area contributed by atoms with Crippen molar-refractivity contribution in [2.75, 3.05) is 13.1 Å². The number of carbonyl (C=O) groups excluding carboxylic acids is 1. The first-order valence-corrected chi connectivity index (χ1v) is 10.8. The van der Waals surface area contributed by atoms with E-state index in [2.05, 4.69) is 27.8 Å². The number of benzene rings is 1. The van der Waals surface area contributed by atoms with Crippen LogP contribution in [0.2, 0.25) is 0 Å². The number of amides is 1. The van der Waals surface area contributed by atoms with Gasteiger partial charge in [-0.25, -0.2) is 8.91 Å². The lowest BCUT2D eigenvalue weighted by atomic mass is 9.97. The Morgan fingerprint density at radius 2 is 1.88 bits per heavy atom. The van der Waals surface area contributed by atoms with Gasteiger partial charge in [0.25, 0.3) is 0 Å². The van der Waals surface area contributed by atoms with Crippen molar-refractivity contribution in [3.8, 4) is 22.4 Å². The van der Waals surface area contributed by atoms with Crippen molar-refractivity contribution in [3.05, 3.63) is 78.5 Å². The first-order chi connectivity index (χ1) is 15.7. The van der Waals surface area contributed by atoms with Crippen molar-refractivity contribution >= 4 is 11.4 Å². The average Bonchev–Trinajstić information content (AvgIpc) is 3.19. The van der Waals surface area contributed by atoms with Gasteiger partial charge in [-0.05, 0) is 72.5 Å². The van der Waals surface area contributed by atoms with Crippen LogP contribution in [-0.4, -0.2) is 33.6 Å². The molecule has 6 nitrogen and oxygen atoms in total. The minimum absolute atomic E-state index is 0.137. The predicted octanol–water partition coefficient (Wildman–Crippen LogP) is 3.82. The molecule has 1 fully saturated rings. The lowest BCUT2D eigenvalue weighted by molar-refractivity contribution is -0.123. The van der Waals surface area contributed by atoms with Crippen LogP contribution in [-0.2, 0) is 11.3 Å². The van der Waals surface area contributed by atoms with Crippen LogP contribution in [0.5, 0.6) is 0 Å². The number of halogens is 1. The lowest BCUT2D eigenvalue weighted by Gasteiger charge is -2.22. The van der Waals surface area contributed by atoms with Gasteiger partial charge in [0, 0.05) is 49.2 Å². The number of carbonyl (C=O) groups is 1. The normalized spacial score (nSPS) is 16.3. The topological polar surface area (TPSA) is 71.3 Å². The third kappa shape index (κ3) is 4.24. The Kier molecular flexibility index (Phi) is 5.64. The van der Waals surface area contributed by atoms with E-state index in [0.717, 1.165) is 53.0 Å². The maximum Gasteiger partial charge on any atom is 0.220 e. The summed E-state index contributed by atoms with van der Waals surface area (Å²) in [7, 11) is 0. The average molecular weight is 429 g/mol. The number of hydrogen-bond acceptors (Lipinski definition) is 4. The van der Waals surface area contributed by atoms with Gasteiger partial charge >= 0.3 is 0 Å². The van der Waals surface area contributed by atoms with Gasteiger partial charge in [0.2, 0.25) is 5.91 Å². The predicted molar refractivity (Wildman–Crippen MR) is 121 cm³/mol. The molecule has 4 aromatic rings. The van der Waals surface area contributed by atoms with Crippen molar-refractivity contribution in [1.82, 2.24) is 25.2 Å². The molecule has 0 unspecified atom stereocenters. The minimum atomic E-state index is -0.271. The third-order valence-corrected chi connectivity index (χ3v) is 5.89. The fourth-order valence-electron chi connectivity index (χ4n) is 4.26. The highest BCUT2D eigenvalue weighted by molar-refractivity contribution is 5.92. The number of rotatable bonds is 6. The molecule has 5 rings (SSSR count). The lowest BCUT2D eigenvalue weighted by Crippen LogP contribution is -2.37. The van der Waals surface area contributed by atoms with E-state index in [4.69, 9.17) is 5.10 Å². The molecule has 4 heterocycles. The monoisotopic (exact) mass is 429 g/mol. The molecule has 32 heavy (non-hydrogen) atoms. The summed E-state index contributed by atoms with van der Waals surface area (Å²) >= 11 is 0. The maximum absolute atomic E-state index is 13.5. The van der Waals surface area contributed by atoms with E-state index in [9.17, 15) is 9.18 Å². The van der Waals surface area contributed by atoms with Crippen LogP contribution in [0.1, 0.15) is 18.4 Å². The fraction of sp³-hybridized carbons (Fsp3) is 0.240. The Hall–Kier alpha value is -3.58. The second-order valence-corrected chi connectivity index (χ2v) is 8.17. The highest BCUT2D eigenvalue weighted by Gasteiger charge is 2.19. The van der Waals surface area contributed by atoms with Crippen molar-refractivity contribution in [2.45, 2.75) is 19.4 Å². The molecular formula is C25H24FN5O. The van der Waals surface area contributed by atoms with Crippen LogP contribution in [0.3, 0.4) is 0 Å². The molecule has 3 aromatic heterocycles. The van der Waals surface area contributed by atoms with Crippen LogP contribution in [0.15, 0.2) is 67.1 Å². The third-order valence-electron chi connectivity index (χ3n) is 5.89. The summed E-state index contributed by atoms with van der Waals surface area (Å²) in [4.78, 5) is 15.7. The summed E-state index contributed by atoms with van der Waals surface area (Å²) in [6, 6.07) is 14.5. The molecule has 0 spiro atoms. The van der Waals surface area contributed by atoms with Crippen LogP contribution in [0.4, 0.5) is 4.39 Å². The Labute approximate surface area is 185 Å². The van der Waals surface area contributed by atoms with E-state index >= 15 is 0 Å². The fourth-order valence-corrected chi connectivity index (χ4v) is 4.26. The molecule has 2 N–H and O–H groups in total. The second kappa shape index (κ2) is 8.88. The summed E-state index contributed by atoms with van der Waals surface area (Å²) in [6.07, 6.45) is 7.14. The van der Waals surface area contributed by atoms with Crippen LogP contribution in [0.25, 0.3) is 27.9 Å². The molecule has 7 heteroatoms. The molecule has 162 valence electrons. The summed E-state index contributed by atoms with van der Waals surface area (Å²) in [5.41, 5.74) is 5.74.